The number of anilines is 1. The lowest BCUT2D eigenvalue weighted by atomic mass is 9.97. The molecule has 2 aliphatic rings. The van der Waals surface area contributed by atoms with Crippen molar-refractivity contribution in [2.24, 2.45) is 0 Å². The summed E-state index contributed by atoms with van der Waals surface area (Å²) in [5.41, 5.74) is 3.05. The molecule has 0 radical (unpaired) electrons. The normalized spacial score (nSPS) is 15.2. The molecule has 0 atom stereocenters. The lowest BCUT2D eigenvalue weighted by Gasteiger charge is -2.34. The molecule has 0 bridgehead atoms. The number of carboxylic acid groups (broad SMARTS) is 2. The summed E-state index contributed by atoms with van der Waals surface area (Å²) in [6, 6.07) is 18.6. The Morgan fingerprint density at radius 1 is 0.957 bits per heavy atom. The van der Waals surface area contributed by atoms with Crippen LogP contribution in [0.15, 0.2) is 70.3 Å². The number of hydrogen-bond acceptors (Lipinski definition) is 6. The molecule has 242 valence electrons. The second kappa shape index (κ2) is 13.4. The molecule has 3 aromatic carbocycles. The first kappa shape index (κ1) is 32.8. The summed E-state index contributed by atoms with van der Waals surface area (Å²) in [6.45, 7) is 3.44. The highest BCUT2D eigenvalue weighted by Gasteiger charge is 2.38. The smallest absolute Gasteiger partial charge is 0.478 e. The summed E-state index contributed by atoms with van der Waals surface area (Å²) in [4.78, 5) is 50.1. The molecule has 0 unspecified atom stereocenters. The zero-order valence-electron chi connectivity index (χ0n) is 24.4. The summed E-state index contributed by atoms with van der Waals surface area (Å²) < 4.78 is 34.4. The van der Waals surface area contributed by atoms with Gasteiger partial charge in [-0.05, 0) is 67.1 Å². The summed E-state index contributed by atoms with van der Waals surface area (Å²) in [5, 5.41) is 20.9. The van der Waals surface area contributed by atoms with Crippen LogP contribution in [0.1, 0.15) is 40.7 Å². The number of hydrogen-bond donors (Lipinski definition) is 3. The molecule has 1 aromatic heterocycles. The van der Waals surface area contributed by atoms with Crippen molar-refractivity contribution in [1.82, 2.24) is 14.0 Å². The molecule has 3 heterocycles. The Morgan fingerprint density at radius 3 is 2.26 bits per heavy atom. The minimum absolute atomic E-state index is 0.0856. The van der Waals surface area contributed by atoms with E-state index in [1.165, 1.54) is 23.8 Å². The van der Waals surface area contributed by atoms with Crippen LogP contribution in [-0.4, -0.2) is 61.5 Å². The van der Waals surface area contributed by atoms with Gasteiger partial charge in [0.2, 0.25) is 0 Å². The lowest BCUT2D eigenvalue weighted by molar-refractivity contribution is -0.192. The summed E-state index contributed by atoms with van der Waals surface area (Å²) in [6.07, 6.45) is -1.52. The predicted octanol–water partition coefficient (Wildman–Crippen LogP) is 5.16. The number of aromatic carboxylic acids is 1. The first-order valence-corrected chi connectivity index (χ1v) is 14.9. The molecule has 6 rings (SSSR count). The highest BCUT2D eigenvalue weighted by molar-refractivity contribution is 6.31. The number of alkyl halides is 3. The van der Waals surface area contributed by atoms with Crippen LogP contribution in [0.25, 0.3) is 16.6 Å². The summed E-state index contributed by atoms with van der Waals surface area (Å²) in [5.74, 6) is -3.94. The van der Waals surface area contributed by atoms with Crippen LogP contribution in [0.3, 0.4) is 0 Å². The number of nitrogens with one attached hydrogen (secondary N) is 1. The van der Waals surface area contributed by atoms with Crippen molar-refractivity contribution in [2.45, 2.75) is 51.0 Å². The first-order chi connectivity index (χ1) is 21.8. The molecule has 0 saturated carbocycles. The number of rotatable bonds is 6. The van der Waals surface area contributed by atoms with Gasteiger partial charge in [0.25, 0.3) is 5.56 Å². The van der Waals surface area contributed by atoms with Gasteiger partial charge in [-0.2, -0.15) is 13.2 Å². The van der Waals surface area contributed by atoms with Gasteiger partial charge in [-0.15, -0.1) is 0 Å². The summed E-state index contributed by atoms with van der Waals surface area (Å²) >= 11 is 6.14. The molecular formula is C32H30ClF3N4O6. The topological polar surface area (TPSA) is 134 Å². The fraction of sp³-hybridized carbons (Fsp3) is 0.312. The maximum Gasteiger partial charge on any atom is 0.490 e. The van der Waals surface area contributed by atoms with Crippen molar-refractivity contribution in [3.8, 4) is 5.69 Å². The van der Waals surface area contributed by atoms with E-state index in [1.807, 2.05) is 12.1 Å². The van der Waals surface area contributed by atoms with E-state index in [0.29, 0.717) is 23.5 Å². The van der Waals surface area contributed by atoms with Gasteiger partial charge in [-0.25, -0.2) is 19.0 Å². The molecule has 0 spiro atoms. The highest BCUT2D eigenvalue weighted by Crippen LogP contribution is 2.31. The number of aryl methyl sites for hydroxylation is 2. The number of aromatic nitrogens is 2. The SMILES string of the molecule is O=C(O)C(F)(F)F.O=C(O)c1cc(Cl)cc(-n2c(=O)c3ccc(NC4CCN(Cc5ccccc5)CC4)c4c3n(c2=O)CCC4)c1. The first-order valence-electron chi connectivity index (χ1n) is 14.5. The fourth-order valence-corrected chi connectivity index (χ4v) is 6.13. The second-order valence-electron chi connectivity index (χ2n) is 11.2. The number of halogens is 4. The van der Waals surface area contributed by atoms with Crippen molar-refractivity contribution in [1.29, 1.82) is 0 Å². The van der Waals surface area contributed by atoms with Crippen LogP contribution in [0.4, 0.5) is 18.9 Å². The number of nitrogens with zero attached hydrogens (tertiary/aromatic N) is 3. The van der Waals surface area contributed by atoms with E-state index in [9.17, 15) is 32.7 Å². The minimum atomic E-state index is -5.08. The zero-order valence-corrected chi connectivity index (χ0v) is 25.1. The van der Waals surface area contributed by atoms with Crippen LogP contribution < -0.4 is 16.6 Å². The molecule has 4 aromatic rings. The van der Waals surface area contributed by atoms with Crippen molar-refractivity contribution in [3.63, 3.8) is 0 Å². The number of benzene rings is 3. The van der Waals surface area contributed by atoms with Crippen molar-refractivity contribution < 1.29 is 33.0 Å². The van der Waals surface area contributed by atoms with Crippen LogP contribution >= 0.6 is 11.6 Å². The van der Waals surface area contributed by atoms with E-state index in [2.05, 4.69) is 34.5 Å². The number of carbonyl (C=O) groups is 2. The molecule has 46 heavy (non-hydrogen) atoms. The third kappa shape index (κ3) is 7.10. The van der Waals surface area contributed by atoms with Gasteiger partial charge >= 0.3 is 23.8 Å². The van der Waals surface area contributed by atoms with Crippen LogP contribution in [0.5, 0.6) is 0 Å². The third-order valence-electron chi connectivity index (χ3n) is 8.04. The molecule has 3 N–H and O–H groups in total. The third-order valence-corrected chi connectivity index (χ3v) is 8.26. The molecule has 1 saturated heterocycles. The molecule has 14 heteroatoms. The fourth-order valence-electron chi connectivity index (χ4n) is 5.90. The predicted molar refractivity (Wildman–Crippen MR) is 166 cm³/mol. The lowest BCUT2D eigenvalue weighted by Crippen LogP contribution is -2.41. The highest BCUT2D eigenvalue weighted by atomic mass is 35.5. The van der Waals surface area contributed by atoms with Crippen molar-refractivity contribution in [3.05, 3.63) is 103 Å². The van der Waals surface area contributed by atoms with Crippen LogP contribution in [0, 0.1) is 0 Å². The van der Waals surface area contributed by atoms with E-state index in [1.54, 1.807) is 10.6 Å². The number of likely N-dealkylation sites (tertiary alicyclic amines) is 1. The maximum atomic E-state index is 13.6. The molecule has 0 aliphatic carbocycles. The van der Waals surface area contributed by atoms with E-state index < -0.39 is 29.4 Å². The van der Waals surface area contributed by atoms with Gasteiger partial charge in [0, 0.05) is 42.9 Å². The Kier molecular flexibility index (Phi) is 9.54. The molecule has 10 nitrogen and oxygen atoms in total. The largest absolute Gasteiger partial charge is 0.490 e. The number of aliphatic carboxylic acids is 1. The van der Waals surface area contributed by atoms with E-state index in [-0.39, 0.29) is 16.3 Å². The van der Waals surface area contributed by atoms with Crippen LogP contribution in [-0.2, 0) is 24.3 Å². The Labute approximate surface area is 265 Å². The van der Waals surface area contributed by atoms with Gasteiger partial charge in [0.05, 0.1) is 22.2 Å². The van der Waals surface area contributed by atoms with Gasteiger partial charge in [0.15, 0.2) is 0 Å². The van der Waals surface area contributed by atoms with Gasteiger partial charge in [0.1, 0.15) is 0 Å². The van der Waals surface area contributed by atoms with Gasteiger partial charge < -0.3 is 15.5 Å². The van der Waals surface area contributed by atoms with Gasteiger partial charge in [-0.1, -0.05) is 41.9 Å². The zero-order chi connectivity index (χ0) is 33.2. The quantitative estimate of drug-likeness (QED) is 0.259. The Morgan fingerprint density at radius 2 is 1.63 bits per heavy atom. The molecule has 0 amide bonds. The Balaban J connectivity index is 0.000000537. The standard InChI is InChI=1S/C30H29ClN4O4.C2HF3O2/c31-21-15-20(29(37)38)16-23(17-21)35-28(36)25-8-9-26(24-7-4-12-34(27(24)25)30(35)39)32-22-10-13-33(14-11-22)18-19-5-2-1-3-6-19;3-2(4,5)1(6)7/h1-3,5-6,8-9,15-17,22,32H,4,7,10-14,18H2,(H,37,38);(H,6,7). The monoisotopic (exact) mass is 658 g/mol. The van der Waals surface area contributed by atoms with Crippen LogP contribution in [0.2, 0.25) is 5.02 Å². The molecular weight excluding hydrogens is 629 g/mol. The van der Waals surface area contributed by atoms with E-state index in [0.717, 1.165) is 61.1 Å². The maximum absolute atomic E-state index is 13.6. The number of piperidine rings is 1. The summed E-state index contributed by atoms with van der Waals surface area (Å²) in [7, 11) is 0. The van der Waals surface area contributed by atoms with Crippen molar-refractivity contribution >= 4 is 40.1 Å². The van der Waals surface area contributed by atoms with E-state index >= 15 is 0 Å². The molecule has 2 aliphatic heterocycles. The van der Waals surface area contributed by atoms with Gasteiger partial charge in [-0.3, -0.25) is 14.3 Å². The number of carboxylic acids is 2. The second-order valence-corrected chi connectivity index (χ2v) is 11.6. The average molecular weight is 659 g/mol. The van der Waals surface area contributed by atoms with Crippen molar-refractivity contribution in [2.75, 3.05) is 18.4 Å². The Bertz CT molecular complexity index is 1900. The minimum Gasteiger partial charge on any atom is -0.478 e. The Hall–Kier alpha value is -4.62. The van der Waals surface area contributed by atoms with E-state index in [4.69, 9.17) is 21.5 Å². The average Bonchev–Trinajstić information content (AvgIpc) is 3.01. The molecule has 1 fully saturated rings.